The average molecular weight is 297 g/mol. The Bertz CT molecular complexity index is 683. The second-order valence-corrected chi connectivity index (χ2v) is 4.13. The summed E-state index contributed by atoms with van der Waals surface area (Å²) in [5.41, 5.74) is -1.31. The Hall–Kier alpha value is -2.57. The highest BCUT2D eigenvalue weighted by Gasteiger charge is 2.34. The van der Waals surface area contributed by atoms with Crippen molar-refractivity contribution in [3.8, 4) is 17.0 Å². The van der Waals surface area contributed by atoms with Gasteiger partial charge in [-0.05, 0) is 17.7 Å². The van der Waals surface area contributed by atoms with Gasteiger partial charge in [0.05, 0.1) is 18.2 Å². The number of aromatic carboxylic acids is 1. The molecule has 110 valence electrons. The molecule has 0 fully saturated rings. The lowest BCUT2D eigenvalue weighted by atomic mass is 9.99. The van der Waals surface area contributed by atoms with Crippen molar-refractivity contribution in [2.45, 2.75) is 6.18 Å². The van der Waals surface area contributed by atoms with Crippen molar-refractivity contribution in [3.05, 3.63) is 47.7 Å². The third kappa shape index (κ3) is 2.96. The molecule has 7 heteroatoms. The van der Waals surface area contributed by atoms with Crippen LogP contribution in [-0.4, -0.2) is 23.2 Å². The van der Waals surface area contributed by atoms with Crippen LogP contribution >= 0.6 is 0 Å². The van der Waals surface area contributed by atoms with Crippen LogP contribution in [0.2, 0.25) is 0 Å². The Labute approximate surface area is 117 Å². The maximum atomic E-state index is 13.1. The summed E-state index contributed by atoms with van der Waals surface area (Å²) < 4.78 is 44.1. The van der Waals surface area contributed by atoms with E-state index >= 15 is 0 Å². The summed E-state index contributed by atoms with van der Waals surface area (Å²) in [4.78, 5) is 14.7. The number of carbonyl (C=O) groups is 1. The summed E-state index contributed by atoms with van der Waals surface area (Å²) in [5, 5.41) is 8.95. The number of rotatable bonds is 3. The zero-order chi connectivity index (χ0) is 15.6. The molecule has 0 amide bonds. The van der Waals surface area contributed by atoms with Crippen molar-refractivity contribution in [2.75, 3.05) is 7.11 Å². The molecule has 0 spiro atoms. The van der Waals surface area contributed by atoms with Gasteiger partial charge in [0, 0.05) is 11.8 Å². The second kappa shape index (κ2) is 5.43. The fourth-order valence-corrected chi connectivity index (χ4v) is 1.89. The molecule has 0 aliphatic carbocycles. The van der Waals surface area contributed by atoms with E-state index in [9.17, 15) is 18.0 Å². The van der Waals surface area contributed by atoms with E-state index in [-0.39, 0.29) is 22.6 Å². The highest BCUT2D eigenvalue weighted by molar-refractivity contribution is 5.90. The lowest BCUT2D eigenvalue weighted by Crippen LogP contribution is -2.08. The first-order valence-corrected chi connectivity index (χ1v) is 5.78. The van der Waals surface area contributed by atoms with Gasteiger partial charge >= 0.3 is 12.1 Å². The molecule has 1 aromatic carbocycles. The van der Waals surface area contributed by atoms with E-state index < -0.39 is 17.7 Å². The van der Waals surface area contributed by atoms with Gasteiger partial charge in [-0.1, -0.05) is 18.2 Å². The normalized spacial score (nSPS) is 11.2. The molecule has 1 heterocycles. The number of halogens is 3. The number of aromatic nitrogens is 1. The van der Waals surface area contributed by atoms with Crippen LogP contribution in [-0.2, 0) is 6.18 Å². The summed E-state index contributed by atoms with van der Waals surface area (Å²) >= 11 is 0. The van der Waals surface area contributed by atoms with Crippen molar-refractivity contribution in [1.82, 2.24) is 4.98 Å². The molecule has 0 saturated carbocycles. The molecule has 21 heavy (non-hydrogen) atoms. The maximum absolute atomic E-state index is 13.1. The minimum atomic E-state index is -4.57. The maximum Gasteiger partial charge on any atom is 0.417 e. The summed E-state index contributed by atoms with van der Waals surface area (Å²) in [6.07, 6.45) is -3.54. The SMILES string of the molecule is COc1ncc(C(=O)O)cc1-c1ccccc1C(F)(F)F. The number of methoxy groups -OCH3 is 1. The van der Waals surface area contributed by atoms with Crippen LogP contribution in [0.15, 0.2) is 36.5 Å². The van der Waals surface area contributed by atoms with Gasteiger partial charge in [0.25, 0.3) is 0 Å². The number of carboxylic acids is 1. The number of benzene rings is 1. The quantitative estimate of drug-likeness (QED) is 0.942. The molecule has 0 atom stereocenters. The molecule has 0 radical (unpaired) electrons. The topological polar surface area (TPSA) is 59.4 Å². The summed E-state index contributed by atoms with van der Waals surface area (Å²) in [6, 6.07) is 5.96. The van der Waals surface area contributed by atoms with Crippen molar-refractivity contribution >= 4 is 5.97 Å². The van der Waals surface area contributed by atoms with Crippen LogP contribution in [0.3, 0.4) is 0 Å². The van der Waals surface area contributed by atoms with Gasteiger partial charge in [0.1, 0.15) is 0 Å². The third-order valence-corrected chi connectivity index (χ3v) is 2.81. The lowest BCUT2D eigenvalue weighted by Gasteiger charge is -2.14. The van der Waals surface area contributed by atoms with Crippen LogP contribution in [0.1, 0.15) is 15.9 Å². The molecule has 0 aliphatic rings. The van der Waals surface area contributed by atoms with E-state index in [4.69, 9.17) is 9.84 Å². The average Bonchev–Trinajstić information content (AvgIpc) is 2.45. The van der Waals surface area contributed by atoms with Gasteiger partial charge < -0.3 is 9.84 Å². The van der Waals surface area contributed by atoms with Crippen LogP contribution in [0.5, 0.6) is 5.88 Å². The number of nitrogens with zero attached hydrogens (tertiary/aromatic N) is 1. The first kappa shape index (κ1) is 14.8. The van der Waals surface area contributed by atoms with Gasteiger partial charge in [-0.15, -0.1) is 0 Å². The summed E-state index contributed by atoms with van der Waals surface area (Å²) in [6.45, 7) is 0. The van der Waals surface area contributed by atoms with E-state index in [0.717, 1.165) is 18.3 Å². The van der Waals surface area contributed by atoms with Crippen molar-refractivity contribution in [2.24, 2.45) is 0 Å². The number of ether oxygens (including phenoxy) is 1. The van der Waals surface area contributed by atoms with Crippen LogP contribution < -0.4 is 4.74 Å². The zero-order valence-corrected chi connectivity index (χ0v) is 10.8. The van der Waals surface area contributed by atoms with Gasteiger partial charge in [-0.25, -0.2) is 9.78 Å². The Morgan fingerprint density at radius 1 is 1.24 bits per heavy atom. The molecule has 0 aliphatic heterocycles. The van der Waals surface area contributed by atoms with Crippen molar-refractivity contribution in [3.63, 3.8) is 0 Å². The Morgan fingerprint density at radius 3 is 2.48 bits per heavy atom. The van der Waals surface area contributed by atoms with Crippen LogP contribution in [0.4, 0.5) is 13.2 Å². The monoisotopic (exact) mass is 297 g/mol. The summed E-state index contributed by atoms with van der Waals surface area (Å²) in [7, 11) is 1.25. The first-order chi connectivity index (χ1) is 9.84. The fraction of sp³-hybridized carbons (Fsp3) is 0.143. The Morgan fingerprint density at radius 2 is 1.90 bits per heavy atom. The predicted molar refractivity (Wildman–Crippen MR) is 68.2 cm³/mol. The smallest absolute Gasteiger partial charge is 0.417 e. The second-order valence-electron chi connectivity index (χ2n) is 4.13. The first-order valence-electron chi connectivity index (χ1n) is 5.78. The molecule has 4 nitrogen and oxygen atoms in total. The number of pyridine rings is 1. The van der Waals surface area contributed by atoms with Gasteiger partial charge in [-0.2, -0.15) is 13.2 Å². The highest BCUT2D eigenvalue weighted by Crippen LogP contribution is 2.39. The molecule has 2 aromatic rings. The number of carboxylic acid groups (broad SMARTS) is 1. The van der Waals surface area contributed by atoms with Crippen LogP contribution in [0.25, 0.3) is 11.1 Å². The Balaban J connectivity index is 2.72. The predicted octanol–water partition coefficient (Wildman–Crippen LogP) is 3.47. The molecular formula is C14H10F3NO3. The molecule has 0 bridgehead atoms. The van der Waals surface area contributed by atoms with E-state index in [1.165, 1.54) is 25.3 Å². The fourth-order valence-electron chi connectivity index (χ4n) is 1.89. The number of alkyl halides is 3. The molecule has 2 rings (SSSR count). The van der Waals surface area contributed by atoms with Crippen molar-refractivity contribution in [1.29, 1.82) is 0 Å². The molecular weight excluding hydrogens is 287 g/mol. The third-order valence-electron chi connectivity index (χ3n) is 2.81. The largest absolute Gasteiger partial charge is 0.481 e. The van der Waals surface area contributed by atoms with Crippen molar-refractivity contribution < 1.29 is 27.8 Å². The minimum absolute atomic E-state index is 0.0228. The van der Waals surface area contributed by atoms with E-state index in [1.807, 2.05) is 0 Å². The van der Waals surface area contributed by atoms with Gasteiger partial charge in [0.2, 0.25) is 5.88 Å². The van der Waals surface area contributed by atoms with E-state index in [2.05, 4.69) is 4.98 Å². The zero-order valence-electron chi connectivity index (χ0n) is 10.8. The van der Waals surface area contributed by atoms with E-state index in [1.54, 1.807) is 0 Å². The van der Waals surface area contributed by atoms with Gasteiger partial charge in [0.15, 0.2) is 0 Å². The lowest BCUT2D eigenvalue weighted by molar-refractivity contribution is -0.137. The van der Waals surface area contributed by atoms with Gasteiger partial charge in [-0.3, -0.25) is 0 Å². The highest BCUT2D eigenvalue weighted by atomic mass is 19.4. The number of hydrogen-bond donors (Lipinski definition) is 1. The molecule has 1 N–H and O–H groups in total. The molecule has 1 aromatic heterocycles. The molecule has 0 saturated heterocycles. The van der Waals surface area contributed by atoms with E-state index in [0.29, 0.717) is 0 Å². The summed E-state index contributed by atoms with van der Waals surface area (Å²) in [5.74, 6) is -1.35. The van der Waals surface area contributed by atoms with Crippen LogP contribution in [0, 0.1) is 0 Å². The number of hydrogen-bond acceptors (Lipinski definition) is 3. The molecule has 0 unspecified atom stereocenters. The minimum Gasteiger partial charge on any atom is -0.481 e. The standard InChI is InChI=1S/C14H10F3NO3/c1-21-12-10(6-8(7-18-12)13(19)20)9-4-2-3-5-11(9)14(15,16)17/h2-7H,1H3,(H,19,20). The Kier molecular flexibility index (Phi) is 3.84.